The number of nitriles is 1. The molecule has 0 aliphatic heterocycles. The second kappa shape index (κ2) is 13.8. The molecular formula is C30H34N4O2. The molecule has 6 nitrogen and oxygen atoms in total. The van der Waals surface area contributed by atoms with Gasteiger partial charge in [-0.15, -0.1) is 0 Å². The summed E-state index contributed by atoms with van der Waals surface area (Å²) in [5, 5.41) is 9.10. The SMILES string of the molecule is CCN(CC)CCCN(CC(=O)N(Cc1ccccc1)c1ccccc1)C(=O)c1ccc(C#N)cc1. The van der Waals surface area contributed by atoms with Crippen molar-refractivity contribution in [2.45, 2.75) is 26.8 Å². The smallest absolute Gasteiger partial charge is 0.254 e. The fraction of sp³-hybridized carbons (Fsp3) is 0.300. The molecule has 3 rings (SSSR count). The van der Waals surface area contributed by atoms with E-state index in [2.05, 4.69) is 24.8 Å². The van der Waals surface area contributed by atoms with Gasteiger partial charge in [0.2, 0.25) is 5.91 Å². The third kappa shape index (κ3) is 7.53. The largest absolute Gasteiger partial charge is 0.329 e. The first kappa shape index (κ1) is 26.7. The molecule has 0 spiro atoms. The van der Waals surface area contributed by atoms with Crippen molar-refractivity contribution < 1.29 is 9.59 Å². The van der Waals surface area contributed by atoms with Crippen molar-refractivity contribution in [2.75, 3.05) is 37.6 Å². The number of nitrogens with zero attached hydrogens (tertiary/aromatic N) is 4. The summed E-state index contributed by atoms with van der Waals surface area (Å²) in [5.41, 5.74) is 2.77. The third-order valence-electron chi connectivity index (χ3n) is 6.22. The van der Waals surface area contributed by atoms with Crippen molar-refractivity contribution in [1.29, 1.82) is 5.26 Å². The summed E-state index contributed by atoms with van der Waals surface area (Å²) >= 11 is 0. The van der Waals surface area contributed by atoms with Gasteiger partial charge in [0.15, 0.2) is 0 Å². The predicted molar refractivity (Wildman–Crippen MR) is 144 cm³/mol. The zero-order valence-electron chi connectivity index (χ0n) is 21.1. The molecule has 0 N–H and O–H groups in total. The molecule has 6 heteroatoms. The summed E-state index contributed by atoms with van der Waals surface area (Å²) in [6.45, 7) is 7.83. The minimum atomic E-state index is -0.208. The molecule has 0 bridgehead atoms. The van der Waals surface area contributed by atoms with E-state index < -0.39 is 0 Å². The second-order valence-electron chi connectivity index (χ2n) is 8.60. The number of amides is 2. The maximum atomic E-state index is 13.7. The Balaban J connectivity index is 1.83. The van der Waals surface area contributed by atoms with E-state index in [1.165, 1.54) is 0 Å². The van der Waals surface area contributed by atoms with Crippen LogP contribution in [0.25, 0.3) is 0 Å². The molecule has 0 aromatic heterocycles. The molecule has 0 saturated heterocycles. The van der Waals surface area contributed by atoms with Crippen LogP contribution in [0, 0.1) is 11.3 Å². The number of hydrogen-bond donors (Lipinski definition) is 0. The molecule has 3 aromatic rings. The average molecular weight is 483 g/mol. The predicted octanol–water partition coefficient (Wildman–Crippen LogP) is 4.97. The Bertz CT molecular complexity index is 1140. The normalized spacial score (nSPS) is 10.6. The van der Waals surface area contributed by atoms with Crippen LogP contribution in [-0.4, -0.2) is 54.3 Å². The zero-order valence-corrected chi connectivity index (χ0v) is 21.1. The first-order chi connectivity index (χ1) is 17.5. The highest BCUT2D eigenvalue weighted by molar-refractivity contribution is 6.00. The molecule has 2 amide bonds. The van der Waals surface area contributed by atoms with Gasteiger partial charge in [0.1, 0.15) is 6.54 Å². The molecule has 0 unspecified atom stereocenters. The van der Waals surface area contributed by atoms with E-state index in [1.807, 2.05) is 60.7 Å². The van der Waals surface area contributed by atoms with Crippen molar-refractivity contribution >= 4 is 17.5 Å². The Morgan fingerprint density at radius 3 is 2.00 bits per heavy atom. The van der Waals surface area contributed by atoms with Gasteiger partial charge < -0.3 is 14.7 Å². The summed E-state index contributed by atoms with van der Waals surface area (Å²) in [5.74, 6) is -0.352. The van der Waals surface area contributed by atoms with E-state index in [9.17, 15) is 9.59 Å². The summed E-state index contributed by atoms with van der Waals surface area (Å²) in [7, 11) is 0. The summed E-state index contributed by atoms with van der Waals surface area (Å²) in [6.07, 6.45) is 0.765. The molecule has 3 aromatic carbocycles. The van der Waals surface area contributed by atoms with E-state index >= 15 is 0 Å². The molecule has 0 aliphatic carbocycles. The lowest BCUT2D eigenvalue weighted by Gasteiger charge is -2.29. The van der Waals surface area contributed by atoms with Gasteiger partial charge in [-0.1, -0.05) is 62.4 Å². The van der Waals surface area contributed by atoms with Crippen LogP contribution in [0.5, 0.6) is 0 Å². The van der Waals surface area contributed by atoms with Gasteiger partial charge in [-0.2, -0.15) is 5.26 Å². The molecular weight excluding hydrogens is 448 g/mol. The number of benzene rings is 3. The average Bonchev–Trinajstić information content (AvgIpc) is 2.94. The van der Waals surface area contributed by atoms with Crippen LogP contribution < -0.4 is 4.90 Å². The molecule has 36 heavy (non-hydrogen) atoms. The quantitative estimate of drug-likeness (QED) is 0.366. The number of rotatable bonds is 12. The topological polar surface area (TPSA) is 67.7 Å². The Hall–Kier alpha value is -3.95. The van der Waals surface area contributed by atoms with Crippen molar-refractivity contribution in [3.63, 3.8) is 0 Å². The Morgan fingerprint density at radius 1 is 0.806 bits per heavy atom. The Labute approximate surface area is 214 Å². The maximum absolute atomic E-state index is 13.7. The highest BCUT2D eigenvalue weighted by Gasteiger charge is 2.23. The van der Waals surface area contributed by atoms with Crippen molar-refractivity contribution in [1.82, 2.24) is 9.80 Å². The van der Waals surface area contributed by atoms with Crippen molar-refractivity contribution in [2.24, 2.45) is 0 Å². The second-order valence-corrected chi connectivity index (χ2v) is 8.60. The van der Waals surface area contributed by atoms with Gasteiger partial charge in [0.05, 0.1) is 18.2 Å². The maximum Gasteiger partial charge on any atom is 0.254 e. The van der Waals surface area contributed by atoms with E-state index in [-0.39, 0.29) is 18.4 Å². The minimum Gasteiger partial charge on any atom is -0.329 e. The summed E-state index contributed by atoms with van der Waals surface area (Å²) < 4.78 is 0. The van der Waals surface area contributed by atoms with E-state index in [0.717, 1.165) is 37.3 Å². The lowest BCUT2D eigenvalue weighted by Crippen LogP contribution is -2.44. The molecule has 0 radical (unpaired) electrons. The highest BCUT2D eigenvalue weighted by atomic mass is 16.2. The van der Waals surface area contributed by atoms with Gasteiger partial charge >= 0.3 is 0 Å². The van der Waals surface area contributed by atoms with Crippen LogP contribution in [0.4, 0.5) is 5.69 Å². The van der Waals surface area contributed by atoms with Gasteiger partial charge in [0.25, 0.3) is 5.91 Å². The molecule has 0 fully saturated rings. The zero-order chi connectivity index (χ0) is 25.8. The van der Waals surface area contributed by atoms with Gasteiger partial charge in [-0.05, 0) is 68.0 Å². The first-order valence-electron chi connectivity index (χ1n) is 12.5. The van der Waals surface area contributed by atoms with Crippen molar-refractivity contribution in [3.8, 4) is 6.07 Å². The number of carbonyl (C=O) groups excluding carboxylic acids is 2. The highest BCUT2D eigenvalue weighted by Crippen LogP contribution is 2.18. The van der Waals surface area contributed by atoms with Crippen LogP contribution in [0.1, 0.15) is 41.8 Å². The first-order valence-corrected chi connectivity index (χ1v) is 12.5. The Kier molecular flexibility index (Phi) is 10.2. The number of para-hydroxylation sites is 1. The number of carbonyl (C=O) groups is 2. The Morgan fingerprint density at radius 2 is 1.42 bits per heavy atom. The lowest BCUT2D eigenvalue weighted by molar-refractivity contribution is -0.119. The number of anilines is 1. The van der Waals surface area contributed by atoms with Crippen LogP contribution in [0.3, 0.4) is 0 Å². The summed E-state index contributed by atoms with van der Waals surface area (Å²) in [4.78, 5) is 32.8. The van der Waals surface area contributed by atoms with Crippen molar-refractivity contribution in [3.05, 3.63) is 102 Å². The van der Waals surface area contributed by atoms with Gasteiger partial charge in [0, 0.05) is 17.8 Å². The fourth-order valence-electron chi connectivity index (χ4n) is 4.09. The number of hydrogen-bond acceptors (Lipinski definition) is 4. The molecule has 186 valence electrons. The van der Waals surface area contributed by atoms with Crippen LogP contribution in [-0.2, 0) is 11.3 Å². The van der Waals surface area contributed by atoms with Crippen LogP contribution in [0.2, 0.25) is 0 Å². The van der Waals surface area contributed by atoms with Gasteiger partial charge in [-0.25, -0.2) is 0 Å². The summed E-state index contributed by atoms with van der Waals surface area (Å²) in [6, 6.07) is 28.1. The monoisotopic (exact) mass is 482 g/mol. The standard InChI is InChI=1S/C30H34N4O2/c1-3-32(4-2)20-11-21-33(30(36)27-18-16-25(22-31)17-19-27)24-29(35)34(28-14-9-6-10-15-28)23-26-12-7-5-8-13-26/h5-10,12-19H,3-4,11,20-21,23-24H2,1-2H3. The third-order valence-corrected chi connectivity index (χ3v) is 6.22. The molecule has 0 aliphatic rings. The van der Waals surface area contributed by atoms with Gasteiger partial charge in [-0.3, -0.25) is 9.59 Å². The van der Waals surface area contributed by atoms with E-state index in [0.29, 0.717) is 24.2 Å². The fourth-order valence-corrected chi connectivity index (χ4v) is 4.09. The minimum absolute atomic E-state index is 0.0290. The molecule has 0 atom stereocenters. The molecule has 0 heterocycles. The van der Waals surface area contributed by atoms with Crippen LogP contribution >= 0.6 is 0 Å². The van der Waals surface area contributed by atoms with E-state index in [1.54, 1.807) is 34.1 Å². The van der Waals surface area contributed by atoms with E-state index in [4.69, 9.17) is 5.26 Å². The lowest BCUT2D eigenvalue weighted by atomic mass is 10.1. The molecule has 0 saturated carbocycles. The van der Waals surface area contributed by atoms with Crippen LogP contribution in [0.15, 0.2) is 84.9 Å².